The largest absolute Gasteiger partial charge is 0.493 e. The van der Waals surface area contributed by atoms with Crippen molar-refractivity contribution in [3.8, 4) is 23.0 Å². The van der Waals surface area contributed by atoms with Crippen LogP contribution in [0.3, 0.4) is 0 Å². The highest BCUT2D eigenvalue weighted by Crippen LogP contribution is 2.32. The molecule has 1 aliphatic heterocycles. The fourth-order valence-electron chi connectivity index (χ4n) is 3.11. The standard InChI is InChI=1S/C17H22N4O6S/c1-25-13-8-7-11(10-14(13)26-2)16-19-20-17(27-16)18-15(22)12-6-4-5-9-21(12)28(3,23)24/h7-8,10,12H,4-6,9H2,1-3H3,(H,18,20,22). The number of nitrogens with zero attached hydrogens (tertiary/aromatic N) is 3. The number of methoxy groups -OCH3 is 2. The van der Waals surface area contributed by atoms with Gasteiger partial charge in [-0.05, 0) is 31.0 Å². The van der Waals surface area contributed by atoms with E-state index in [1.165, 1.54) is 18.5 Å². The molecule has 0 saturated carbocycles. The molecule has 1 amide bonds. The van der Waals surface area contributed by atoms with E-state index < -0.39 is 22.0 Å². The smallest absolute Gasteiger partial charge is 0.322 e. The number of piperidine rings is 1. The Labute approximate surface area is 162 Å². The van der Waals surface area contributed by atoms with Crippen LogP contribution < -0.4 is 14.8 Å². The van der Waals surface area contributed by atoms with Crippen molar-refractivity contribution in [1.82, 2.24) is 14.5 Å². The maximum absolute atomic E-state index is 12.6. The molecule has 1 aliphatic rings. The van der Waals surface area contributed by atoms with Crippen LogP contribution in [0.2, 0.25) is 0 Å². The van der Waals surface area contributed by atoms with Gasteiger partial charge in [-0.2, -0.15) is 4.31 Å². The summed E-state index contributed by atoms with van der Waals surface area (Å²) in [5.41, 5.74) is 0.584. The van der Waals surface area contributed by atoms with Gasteiger partial charge in [-0.1, -0.05) is 11.5 Å². The number of carbonyl (C=O) groups excluding carboxylic acids is 1. The molecule has 11 heteroatoms. The summed E-state index contributed by atoms with van der Waals surface area (Å²) in [6.45, 7) is 0.317. The van der Waals surface area contributed by atoms with Gasteiger partial charge in [0, 0.05) is 12.1 Å². The fraction of sp³-hybridized carbons (Fsp3) is 0.471. The quantitative estimate of drug-likeness (QED) is 0.760. The Bertz CT molecular complexity index is 958. The highest BCUT2D eigenvalue weighted by molar-refractivity contribution is 7.88. The SMILES string of the molecule is COc1ccc(-c2nnc(NC(=O)C3CCCCN3S(C)(=O)=O)o2)cc1OC. The second kappa shape index (κ2) is 8.15. The first-order valence-corrected chi connectivity index (χ1v) is 10.5. The van der Waals surface area contributed by atoms with Crippen LogP contribution in [-0.2, 0) is 14.8 Å². The zero-order valence-corrected chi connectivity index (χ0v) is 16.7. The van der Waals surface area contributed by atoms with Gasteiger partial charge in [-0.25, -0.2) is 8.42 Å². The molecule has 0 radical (unpaired) electrons. The minimum atomic E-state index is -3.48. The number of amides is 1. The van der Waals surface area contributed by atoms with Crippen LogP contribution in [-0.4, -0.2) is 61.9 Å². The summed E-state index contributed by atoms with van der Waals surface area (Å²) in [4.78, 5) is 12.6. The predicted octanol–water partition coefficient (Wildman–Crippen LogP) is 1.51. The number of rotatable bonds is 6. The molecule has 10 nitrogen and oxygen atoms in total. The molecule has 2 aromatic rings. The molecular formula is C17H22N4O6S. The fourth-order valence-corrected chi connectivity index (χ4v) is 4.24. The van der Waals surface area contributed by atoms with Crippen molar-refractivity contribution in [3.63, 3.8) is 0 Å². The third kappa shape index (κ3) is 4.25. The molecule has 1 unspecified atom stereocenters. The summed E-state index contributed by atoms with van der Waals surface area (Å²) in [5.74, 6) is 0.736. The molecule has 1 fully saturated rings. The molecule has 0 bridgehead atoms. The maximum atomic E-state index is 12.6. The highest BCUT2D eigenvalue weighted by Gasteiger charge is 2.35. The lowest BCUT2D eigenvalue weighted by Crippen LogP contribution is -2.49. The van der Waals surface area contributed by atoms with Gasteiger partial charge in [0.25, 0.3) is 0 Å². The van der Waals surface area contributed by atoms with Crippen LogP contribution in [0.4, 0.5) is 6.01 Å². The normalized spacial score (nSPS) is 17.9. The Morgan fingerprint density at radius 2 is 1.96 bits per heavy atom. The monoisotopic (exact) mass is 410 g/mol. The van der Waals surface area contributed by atoms with Gasteiger partial charge >= 0.3 is 6.01 Å². The number of hydrogen-bond donors (Lipinski definition) is 1. The molecule has 0 aliphatic carbocycles. The zero-order valence-electron chi connectivity index (χ0n) is 15.8. The lowest BCUT2D eigenvalue weighted by atomic mass is 10.0. The highest BCUT2D eigenvalue weighted by atomic mass is 32.2. The summed E-state index contributed by atoms with van der Waals surface area (Å²) in [6, 6.07) is 4.19. The lowest BCUT2D eigenvalue weighted by molar-refractivity contribution is -0.120. The molecule has 1 atom stereocenters. The van der Waals surface area contributed by atoms with E-state index in [4.69, 9.17) is 13.9 Å². The first-order chi connectivity index (χ1) is 13.3. The van der Waals surface area contributed by atoms with E-state index in [1.807, 2.05) is 0 Å². The minimum Gasteiger partial charge on any atom is -0.493 e. The second-order valence-electron chi connectivity index (χ2n) is 6.36. The van der Waals surface area contributed by atoms with Crippen LogP contribution in [0.25, 0.3) is 11.5 Å². The number of nitrogens with one attached hydrogen (secondary N) is 1. The van der Waals surface area contributed by atoms with Gasteiger partial charge in [0.15, 0.2) is 11.5 Å². The van der Waals surface area contributed by atoms with Gasteiger partial charge in [-0.3, -0.25) is 10.1 Å². The van der Waals surface area contributed by atoms with Crippen molar-refractivity contribution in [1.29, 1.82) is 0 Å². The number of anilines is 1. The molecule has 3 rings (SSSR count). The van der Waals surface area contributed by atoms with Gasteiger partial charge in [-0.15, -0.1) is 5.10 Å². The third-order valence-corrected chi connectivity index (χ3v) is 5.76. The van der Waals surface area contributed by atoms with E-state index in [1.54, 1.807) is 18.2 Å². The Morgan fingerprint density at radius 1 is 1.21 bits per heavy atom. The maximum Gasteiger partial charge on any atom is 0.322 e. The van der Waals surface area contributed by atoms with E-state index in [-0.39, 0.29) is 11.9 Å². The van der Waals surface area contributed by atoms with Crippen LogP contribution in [0.1, 0.15) is 19.3 Å². The number of benzene rings is 1. The molecule has 0 spiro atoms. The van der Waals surface area contributed by atoms with Crippen molar-refractivity contribution in [2.24, 2.45) is 0 Å². The lowest BCUT2D eigenvalue weighted by Gasteiger charge is -2.32. The predicted molar refractivity (Wildman–Crippen MR) is 101 cm³/mol. The van der Waals surface area contributed by atoms with Gasteiger partial charge < -0.3 is 13.9 Å². The van der Waals surface area contributed by atoms with Crippen LogP contribution in [0, 0.1) is 0 Å². The zero-order chi connectivity index (χ0) is 20.3. The van der Waals surface area contributed by atoms with E-state index in [2.05, 4.69) is 15.5 Å². The number of ether oxygens (including phenoxy) is 2. The van der Waals surface area contributed by atoms with E-state index in [0.717, 1.165) is 19.1 Å². The van der Waals surface area contributed by atoms with Crippen LogP contribution in [0.5, 0.6) is 11.5 Å². The average molecular weight is 410 g/mol. The number of aromatic nitrogens is 2. The van der Waals surface area contributed by atoms with Crippen molar-refractivity contribution in [2.45, 2.75) is 25.3 Å². The summed E-state index contributed by atoms with van der Waals surface area (Å²) >= 11 is 0. The molecule has 1 aromatic heterocycles. The Morgan fingerprint density at radius 3 is 2.64 bits per heavy atom. The van der Waals surface area contributed by atoms with E-state index in [9.17, 15) is 13.2 Å². The second-order valence-corrected chi connectivity index (χ2v) is 8.29. The molecule has 1 N–H and O–H groups in total. The van der Waals surface area contributed by atoms with E-state index in [0.29, 0.717) is 30.0 Å². The molecule has 1 aromatic carbocycles. The van der Waals surface area contributed by atoms with Gasteiger partial charge in [0.1, 0.15) is 6.04 Å². The molecule has 28 heavy (non-hydrogen) atoms. The number of sulfonamides is 1. The Kier molecular flexibility index (Phi) is 5.84. The van der Waals surface area contributed by atoms with Crippen LogP contribution >= 0.6 is 0 Å². The first-order valence-electron chi connectivity index (χ1n) is 8.67. The molecule has 152 valence electrons. The first kappa shape index (κ1) is 20.1. The van der Waals surface area contributed by atoms with Crippen LogP contribution in [0.15, 0.2) is 22.6 Å². The Hall–Kier alpha value is -2.66. The van der Waals surface area contributed by atoms with Crippen molar-refractivity contribution < 1.29 is 27.1 Å². The summed E-state index contributed by atoms with van der Waals surface area (Å²) in [6.07, 6.45) is 3.03. The summed E-state index contributed by atoms with van der Waals surface area (Å²) in [7, 11) is -0.441. The minimum absolute atomic E-state index is 0.103. The van der Waals surface area contributed by atoms with Crippen molar-refractivity contribution >= 4 is 21.9 Å². The van der Waals surface area contributed by atoms with Crippen molar-refractivity contribution in [2.75, 3.05) is 32.3 Å². The van der Waals surface area contributed by atoms with Gasteiger partial charge in [0.2, 0.25) is 21.8 Å². The third-order valence-electron chi connectivity index (χ3n) is 4.47. The molecular weight excluding hydrogens is 388 g/mol. The Balaban J connectivity index is 1.76. The summed E-state index contributed by atoms with van der Waals surface area (Å²) in [5, 5.41) is 10.3. The number of carbonyl (C=O) groups is 1. The van der Waals surface area contributed by atoms with Gasteiger partial charge in [0.05, 0.1) is 20.5 Å². The van der Waals surface area contributed by atoms with Crippen molar-refractivity contribution in [3.05, 3.63) is 18.2 Å². The topological polar surface area (TPSA) is 124 Å². The molecule has 1 saturated heterocycles. The summed E-state index contributed by atoms with van der Waals surface area (Å²) < 4.78 is 41.0. The van der Waals surface area contributed by atoms with E-state index >= 15 is 0 Å². The number of hydrogen-bond acceptors (Lipinski definition) is 8. The molecule has 2 heterocycles. The average Bonchev–Trinajstić information content (AvgIpc) is 3.15.